The molecule has 0 saturated carbocycles. The largest absolute Gasteiger partial charge is 0.331 e. The van der Waals surface area contributed by atoms with Crippen LogP contribution in [0.25, 0.3) is 0 Å². The molecule has 2 amide bonds. The minimum atomic E-state index is -0.402. The van der Waals surface area contributed by atoms with E-state index < -0.39 is 5.82 Å². The van der Waals surface area contributed by atoms with Crippen molar-refractivity contribution in [1.82, 2.24) is 15.2 Å². The van der Waals surface area contributed by atoms with Crippen LogP contribution < -0.4 is 5.32 Å². The van der Waals surface area contributed by atoms with Gasteiger partial charge in [-0.3, -0.25) is 4.98 Å². The van der Waals surface area contributed by atoms with Crippen molar-refractivity contribution in [3.8, 4) is 0 Å². The van der Waals surface area contributed by atoms with Crippen molar-refractivity contribution >= 4 is 17.6 Å². The molecule has 2 aromatic rings. The number of hydrogen-bond donors (Lipinski definition) is 1. The van der Waals surface area contributed by atoms with E-state index in [9.17, 15) is 9.18 Å². The summed E-state index contributed by atoms with van der Waals surface area (Å²) >= 11 is 6.03. The Labute approximate surface area is 140 Å². The highest BCUT2D eigenvalue weighted by Gasteiger charge is 2.20. The smallest absolute Gasteiger partial charge is 0.318 e. The topological polar surface area (TPSA) is 45.2 Å². The van der Waals surface area contributed by atoms with Gasteiger partial charge in [-0.15, -0.1) is 0 Å². The van der Waals surface area contributed by atoms with E-state index in [-0.39, 0.29) is 18.1 Å². The number of carbonyl (C=O) groups is 1. The van der Waals surface area contributed by atoms with Crippen LogP contribution in [0.2, 0.25) is 5.02 Å². The first kappa shape index (κ1) is 17.2. The van der Waals surface area contributed by atoms with E-state index in [4.69, 9.17) is 11.6 Å². The van der Waals surface area contributed by atoms with Crippen molar-refractivity contribution in [2.24, 2.45) is 0 Å². The number of urea groups is 1. The number of hydrogen-bond acceptors (Lipinski definition) is 2. The molecule has 0 radical (unpaired) electrons. The molecule has 0 unspecified atom stereocenters. The van der Waals surface area contributed by atoms with Gasteiger partial charge in [0.2, 0.25) is 0 Å². The molecule has 2 atom stereocenters. The second kappa shape index (κ2) is 7.42. The molecule has 0 saturated heterocycles. The Kier molecular flexibility index (Phi) is 5.55. The number of halogens is 2. The first-order valence-corrected chi connectivity index (χ1v) is 7.66. The lowest BCUT2D eigenvalue weighted by atomic mass is 10.1. The van der Waals surface area contributed by atoms with Gasteiger partial charge in [-0.1, -0.05) is 17.7 Å². The van der Waals surface area contributed by atoms with Crippen LogP contribution in [-0.2, 0) is 0 Å². The molecule has 0 aliphatic rings. The van der Waals surface area contributed by atoms with E-state index in [1.807, 2.05) is 26.0 Å². The third kappa shape index (κ3) is 4.20. The summed E-state index contributed by atoms with van der Waals surface area (Å²) in [5.74, 6) is -0.402. The van der Waals surface area contributed by atoms with Crippen LogP contribution >= 0.6 is 11.6 Å². The number of carbonyl (C=O) groups excluding carboxylic acids is 1. The van der Waals surface area contributed by atoms with Crippen LogP contribution in [0.4, 0.5) is 9.18 Å². The van der Waals surface area contributed by atoms with Crippen molar-refractivity contribution < 1.29 is 9.18 Å². The van der Waals surface area contributed by atoms with E-state index in [1.54, 1.807) is 30.4 Å². The van der Waals surface area contributed by atoms with Gasteiger partial charge in [0.15, 0.2) is 0 Å². The van der Waals surface area contributed by atoms with Crippen LogP contribution in [0.15, 0.2) is 42.7 Å². The Morgan fingerprint density at radius 2 is 1.91 bits per heavy atom. The molecule has 0 aliphatic heterocycles. The van der Waals surface area contributed by atoms with Gasteiger partial charge in [0, 0.05) is 24.5 Å². The molecule has 4 nitrogen and oxygen atoms in total. The van der Waals surface area contributed by atoms with Gasteiger partial charge in [-0.25, -0.2) is 9.18 Å². The molecule has 1 N–H and O–H groups in total. The molecule has 1 aromatic heterocycles. The summed E-state index contributed by atoms with van der Waals surface area (Å²) in [6.45, 7) is 3.74. The van der Waals surface area contributed by atoms with Crippen LogP contribution in [0.1, 0.15) is 37.1 Å². The zero-order chi connectivity index (χ0) is 17.0. The first-order chi connectivity index (χ1) is 10.9. The number of aromatic nitrogens is 1. The first-order valence-electron chi connectivity index (χ1n) is 7.28. The Morgan fingerprint density at radius 1 is 1.26 bits per heavy atom. The lowest BCUT2D eigenvalue weighted by Crippen LogP contribution is -2.40. The van der Waals surface area contributed by atoms with E-state index in [0.717, 1.165) is 5.56 Å². The highest BCUT2D eigenvalue weighted by Crippen LogP contribution is 2.24. The third-order valence-corrected chi connectivity index (χ3v) is 4.19. The van der Waals surface area contributed by atoms with Crippen molar-refractivity contribution in [3.63, 3.8) is 0 Å². The maximum Gasteiger partial charge on any atom is 0.318 e. The van der Waals surface area contributed by atoms with Gasteiger partial charge in [0.25, 0.3) is 0 Å². The van der Waals surface area contributed by atoms with Gasteiger partial charge in [0.1, 0.15) is 5.82 Å². The molecule has 0 spiro atoms. The quantitative estimate of drug-likeness (QED) is 0.903. The molecule has 2 rings (SSSR count). The fourth-order valence-electron chi connectivity index (χ4n) is 2.26. The van der Waals surface area contributed by atoms with Crippen molar-refractivity contribution in [1.29, 1.82) is 0 Å². The van der Waals surface area contributed by atoms with Gasteiger partial charge in [0.05, 0.1) is 12.1 Å². The molecular formula is C17H19ClFN3O. The second-order valence-corrected chi connectivity index (χ2v) is 5.81. The second-order valence-electron chi connectivity index (χ2n) is 5.40. The number of nitrogens with zero attached hydrogens (tertiary/aromatic N) is 2. The van der Waals surface area contributed by atoms with E-state index >= 15 is 0 Å². The highest BCUT2D eigenvalue weighted by molar-refractivity contribution is 6.31. The summed E-state index contributed by atoms with van der Waals surface area (Å²) < 4.78 is 13.1. The summed E-state index contributed by atoms with van der Waals surface area (Å²) in [5.41, 5.74) is 1.66. The lowest BCUT2D eigenvalue weighted by molar-refractivity contribution is 0.191. The summed E-state index contributed by atoms with van der Waals surface area (Å²) in [6.07, 6.45) is 3.39. The minimum absolute atomic E-state index is 0.103. The Balaban J connectivity index is 2.05. The zero-order valence-electron chi connectivity index (χ0n) is 13.3. The maximum atomic E-state index is 13.1. The predicted octanol–water partition coefficient (Wildman–Crippen LogP) is 4.34. The Morgan fingerprint density at radius 3 is 2.52 bits per heavy atom. The average Bonchev–Trinajstić information content (AvgIpc) is 2.54. The molecule has 1 heterocycles. The molecule has 1 aromatic carbocycles. The molecular weight excluding hydrogens is 317 g/mol. The molecule has 23 heavy (non-hydrogen) atoms. The molecule has 122 valence electrons. The van der Waals surface area contributed by atoms with E-state index in [1.165, 1.54) is 12.1 Å². The molecule has 0 fully saturated rings. The van der Waals surface area contributed by atoms with Crippen LogP contribution in [0.5, 0.6) is 0 Å². The Hall–Kier alpha value is -2.14. The fraction of sp³-hybridized carbons (Fsp3) is 0.294. The summed E-state index contributed by atoms with van der Waals surface area (Å²) in [7, 11) is 1.72. The Bertz CT molecular complexity index is 681. The number of nitrogens with one attached hydrogen (secondary N) is 1. The monoisotopic (exact) mass is 335 g/mol. The highest BCUT2D eigenvalue weighted by atomic mass is 35.5. The zero-order valence-corrected chi connectivity index (χ0v) is 14.0. The van der Waals surface area contributed by atoms with Gasteiger partial charge < -0.3 is 10.2 Å². The minimum Gasteiger partial charge on any atom is -0.331 e. The van der Waals surface area contributed by atoms with Crippen LogP contribution in [-0.4, -0.2) is 23.0 Å². The van der Waals surface area contributed by atoms with E-state index in [2.05, 4.69) is 10.3 Å². The van der Waals surface area contributed by atoms with Crippen molar-refractivity contribution in [2.45, 2.75) is 25.9 Å². The number of pyridine rings is 1. The lowest BCUT2D eigenvalue weighted by Gasteiger charge is -2.27. The average molecular weight is 336 g/mol. The SMILES string of the molecule is C[C@H](c1ccncc1)N(C)C(=O)N[C@H](C)c1ccc(F)cc1Cl. The number of rotatable bonds is 4. The third-order valence-electron chi connectivity index (χ3n) is 3.86. The summed E-state index contributed by atoms with van der Waals surface area (Å²) in [5, 5.41) is 3.17. The van der Waals surface area contributed by atoms with Crippen molar-refractivity contribution in [2.75, 3.05) is 7.05 Å². The summed E-state index contributed by atoms with van der Waals surface area (Å²) in [4.78, 5) is 18.0. The molecule has 0 bridgehead atoms. The van der Waals surface area contributed by atoms with Gasteiger partial charge in [-0.2, -0.15) is 0 Å². The predicted molar refractivity (Wildman–Crippen MR) is 88.8 cm³/mol. The van der Waals surface area contributed by atoms with Crippen molar-refractivity contribution in [3.05, 3.63) is 64.7 Å². The maximum absolute atomic E-state index is 13.1. The number of amides is 2. The molecule has 6 heteroatoms. The summed E-state index contributed by atoms with van der Waals surface area (Å²) in [6, 6.07) is 7.22. The van der Waals surface area contributed by atoms with Crippen LogP contribution in [0.3, 0.4) is 0 Å². The van der Waals surface area contributed by atoms with Gasteiger partial charge >= 0.3 is 6.03 Å². The molecule has 0 aliphatic carbocycles. The van der Waals surface area contributed by atoms with E-state index in [0.29, 0.717) is 10.6 Å². The van der Waals surface area contributed by atoms with Crippen LogP contribution in [0, 0.1) is 5.82 Å². The standard InChI is InChI=1S/C17H19ClFN3O/c1-11(15-5-4-14(19)10-16(15)18)21-17(23)22(3)12(2)13-6-8-20-9-7-13/h4-12H,1-3H3,(H,21,23)/t11-,12-/m1/s1. The number of benzene rings is 1. The normalized spacial score (nSPS) is 13.3. The van der Waals surface area contributed by atoms with Gasteiger partial charge in [-0.05, 0) is 49.2 Å². The fourth-order valence-corrected chi connectivity index (χ4v) is 2.59.